The van der Waals surface area contributed by atoms with Gasteiger partial charge in [-0.1, -0.05) is 0 Å². The Bertz CT molecular complexity index is 309. The Hall–Kier alpha value is -0.630. The molecule has 1 aliphatic heterocycles. The fourth-order valence-corrected chi connectivity index (χ4v) is 2.46. The van der Waals surface area contributed by atoms with Gasteiger partial charge < -0.3 is 0 Å². The average molecular weight is 193 g/mol. The van der Waals surface area contributed by atoms with Gasteiger partial charge in [0, 0.05) is 31.0 Å². The van der Waals surface area contributed by atoms with Crippen molar-refractivity contribution in [3.05, 3.63) is 11.1 Å². The second kappa shape index (κ2) is 2.93. The van der Waals surface area contributed by atoms with Crippen LogP contribution in [0.1, 0.15) is 34.1 Å². The minimum absolute atomic E-state index is 0.237. The van der Waals surface area contributed by atoms with Gasteiger partial charge in [0.25, 0.3) is 0 Å². The molecule has 1 heterocycles. The van der Waals surface area contributed by atoms with Crippen LogP contribution >= 0.6 is 0 Å². The van der Waals surface area contributed by atoms with E-state index in [-0.39, 0.29) is 5.54 Å². The fraction of sp³-hybridized carbons (Fsp3) is 0.750. The molecule has 14 heavy (non-hydrogen) atoms. The lowest BCUT2D eigenvalue weighted by Crippen LogP contribution is -2.39. The molecule has 0 saturated carbocycles. The summed E-state index contributed by atoms with van der Waals surface area (Å²) in [7, 11) is 0. The maximum Gasteiger partial charge on any atom is 0.159 e. The van der Waals surface area contributed by atoms with E-state index in [0.717, 1.165) is 25.1 Å². The molecule has 0 N–H and O–H groups in total. The van der Waals surface area contributed by atoms with E-state index in [4.69, 9.17) is 0 Å². The van der Waals surface area contributed by atoms with Crippen molar-refractivity contribution in [3.63, 3.8) is 0 Å². The molecule has 0 unspecified atom stereocenters. The number of allylic oxidation sites excluding steroid dienone is 1. The molecule has 0 bridgehead atoms. The van der Waals surface area contributed by atoms with Crippen molar-refractivity contribution in [3.8, 4) is 0 Å². The third kappa shape index (κ3) is 1.42. The van der Waals surface area contributed by atoms with E-state index in [1.54, 1.807) is 0 Å². The third-order valence-electron chi connectivity index (χ3n) is 3.58. The number of rotatable bonds is 0. The molecule has 1 aliphatic carbocycles. The molecule has 0 spiro atoms. The number of hydrogen-bond donors (Lipinski definition) is 0. The number of hydrogen-bond acceptors (Lipinski definition) is 2. The van der Waals surface area contributed by atoms with Crippen LogP contribution in [0.15, 0.2) is 11.1 Å². The van der Waals surface area contributed by atoms with E-state index in [2.05, 4.69) is 25.7 Å². The Morgan fingerprint density at radius 3 is 2.50 bits per heavy atom. The molecule has 2 rings (SSSR count). The van der Waals surface area contributed by atoms with Crippen molar-refractivity contribution < 1.29 is 4.79 Å². The first-order valence-corrected chi connectivity index (χ1v) is 5.37. The topological polar surface area (TPSA) is 20.3 Å². The molecular weight excluding hydrogens is 174 g/mol. The van der Waals surface area contributed by atoms with Crippen LogP contribution in [0.25, 0.3) is 0 Å². The number of likely N-dealkylation sites (tertiary alicyclic amines) is 1. The van der Waals surface area contributed by atoms with Gasteiger partial charge in [-0.05, 0) is 38.8 Å². The summed E-state index contributed by atoms with van der Waals surface area (Å²) in [5, 5.41) is 0. The van der Waals surface area contributed by atoms with Crippen LogP contribution in [0.4, 0.5) is 0 Å². The quantitative estimate of drug-likeness (QED) is 0.586. The summed E-state index contributed by atoms with van der Waals surface area (Å²) < 4.78 is 0. The van der Waals surface area contributed by atoms with Gasteiger partial charge in [-0.3, -0.25) is 9.69 Å². The van der Waals surface area contributed by atoms with Gasteiger partial charge in [0.15, 0.2) is 5.78 Å². The monoisotopic (exact) mass is 193 g/mol. The lowest BCUT2D eigenvalue weighted by Gasteiger charge is -2.31. The van der Waals surface area contributed by atoms with Crippen molar-refractivity contribution in [2.75, 3.05) is 13.1 Å². The van der Waals surface area contributed by atoms with E-state index in [0.29, 0.717) is 11.7 Å². The fourth-order valence-electron chi connectivity index (χ4n) is 2.46. The van der Waals surface area contributed by atoms with E-state index < -0.39 is 0 Å². The van der Waals surface area contributed by atoms with Crippen LogP contribution in [-0.4, -0.2) is 29.3 Å². The molecule has 2 nitrogen and oxygen atoms in total. The summed E-state index contributed by atoms with van der Waals surface area (Å²) in [5.41, 5.74) is 2.69. The van der Waals surface area contributed by atoms with E-state index in [9.17, 15) is 4.79 Å². The van der Waals surface area contributed by atoms with Crippen LogP contribution < -0.4 is 0 Å². The van der Waals surface area contributed by atoms with Crippen LogP contribution in [0.3, 0.4) is 0 Å². The Kier molecular flexibility index (Phi) is 2.07. The molecule has 1 saturated heterocycles. The maximum atomic E-state index is 11.5. The molecule has 2 aliphatic rings. The largest absolute Gasteiger partial charge is 0.295 e. The normalized spacial score (nSPS) is 28.9. The predicted molar refractivity (Wildman–Crippen MR) is 57.1 cm³/mol. The Morgan fingerprint density at radius 1 is 1.36 bits per heavy atom. The summed E-state index contributed by atoms with van der Waals surface area (Å²) >= 11 is 0. The lowest BCUT2D eigenvalue weighted by atomic mass is 10.1. The number of carbonyl (C=O) groups excluding carboxylic acids is 1. The standard InChI is InChI=1S/C12H19NO/c1-8-10-7-13(12(2,3)4)6-9(10)5-11(8)14/h9H,5-7H2,1-4H3/t9-/m0/s1. The number of ketones is 1. The van der Waals surface area contributed by atoms with Crippen molar-refractivity contribution in [1.29, 1.82) is 0 Å². The Morgan fingerprint density at radius 2 is 2.00 bits per heavy atom. The molecule has 0 radical (unpaired) electrons. The average Bonchev–Trinajstić information content (AvgIpc) is 2.54. The highest BCUT2D eigenvalue weighted by Crippen LogP contribution is 2.37. The van der Waals surface area contributed by atoms with Crippen LogP contribution in [0.2, 0.25) is 0 Å². The second-order valence-electron chi connectivity index (χ2n) is 5.53. The van der Waals surface area contributed by atoms with Crippen LogP contribution in [-0.2, 0) is 4.79 Å². The molecule has 1 atom stereocenters. The molecular formula is C12H19NO. The Balaban J connectivity index is 2.21. The van der Waals surface area contributed by atoms with Crippen LogP contribution in [0.5, 0.6) is 0 Å². The van der Waals surface area contributed by atoms with Gasteiger partial charge in [-0.2, -0.15) is 0 Å². The molecule has 0 aromatic rings. The lowest BCUT2D eigenvalue weighted by molar-refractivity contribution is -0.115. The number of fused-ring (bicyclic) bond motifs is 1. The minimum Gasteiger partial charge on any atom is -0.295 e. The van der Waals surface area contributed by atoms with E-state index in [1.807, 2.05) is 6.92 Å². The first kappa shape index (κ1) is 9.91. The highest BCUT2D eigenvalue weighted by atomic mass is 16.1. The first-order chi connectivity index (χ1) is 6.39. The van der Waals surface area contributed by atoms with Gasteiger partial charge in [0.05, 0.1) is 0 Å². The van der Waals surface area contributed by atoms with E-state index >= 15 is 0 Å². The molecule has 1 fully saturated rings. The summed E-state index contributed by atoms with van der Waals surface area (Å²) in [6, 6.07) is 0. The summed E-state index contributed by atoms with van der Waals surface area (Å²) in [4.78, 5) is 13.9. The Labute approximate surface area is 86.0 Å². The molecule has 2 heteroatoms. The minimum atomic E-state index is 0.237. The van der Waals surface area contributed by atoms with Crippen molar-refractivity contribution in [1.82, 2.24) is 4.90 Å². The summed E-state index contributed by atoms with van der Waals surface area (Å²) in [5.74, 6) is 0.903. The first-order valence-electron chi connectivity index (χ1n) is 5.37. The molecule has 0 aromatic carbocycles. The summed E-state index contributed by atoms with van der Waals surface area (Å²) in [6.45, 7) is 10.8. The molecule has 0 aromatic heterocycles. The van der Waals surface area contributed by atoms with Gasteiger partial charge in [0.1, 0.15) is 0 Å². The molecule has 0 amide bonds. The smallest absolute Gasteiger partial charge is 0.159 e. The molecule has 78 valence electrons. The predicted octanol–water partition coefficient (Wildman–Crippen LogP) is 2.01. The third-order valence-corrected chi connectivity index (χ3v) is 3.58. The van der Waals surface area contributed by atoms with Crippen molar-refractivity contribution in [2.24, 2.45) is 5.92 Å². The number of carbonyl (C=O) groups is 1. The zero-order valence-corrected chi connectivity index (χ0v) is 9.55. The SMILES string of the molecule is CC1=C2CN(C(C)(C)C)C[C@@H]2CC1=O. The zero-order chi connectivity index (χ0) is 10.5. The number of Topliss-reactive ketones (excluding diaryl/α,β-unsaturated/α-hetero) is 1. The number of nitrogens with zero attached hydrogens (tertiary/aromatic N) is 1. The van der Waals surface area contributed by atoms with Gasteiger partial charge in [-0.25, -0.2) is 0 Å². The van der Waals surface area contributed by atoms with Crippen molar-refractivity contribution in [2.45, 2.75) is 39.7 Å². The summed E-state index contributed by atoms with van der Waals surface area (Å²) in [6.07, 6.45) is 0.758. The zero-order valence-electron chi connectivity index (χ0n) is 9.55. The maximum absolute atomic E-state index is 11.5. The van der Waals surface area contributed by atoms with Gasteiger partial charge in [0.2, 0.25) is 0 Å². The second-order valence-corrected chi connectivity index (χ2v) is 5.53. The van der Waals surface area contributed by atoms with Gasteiger partial charge >= 0.3 is 0 Å². The van der Waals surface area contributed by atoms with E-state index in [1.165, 1.54) is 5.57 Å². The van der Waals surface area contributed by atoms with Crippen LogP contribution in [0, 0.1) is 5.92 Å². The highest BCUT2D eigenvalue weighted by molar-refractivity contribution is 5.98. The highest BCUT2D eigenvalue weighted by Gasteiger charge is 2.39. The van der Waals surface area contributed by atoms with Gasteiger partial charge in [-0.15, -0.1) is 0 Å². The van der Waals surface area contributed by atoms with Crippen molar-refractivity contribution >= 4 is 5.78 Å².